The van der Waals surface area contributed by atoms with Gasteiger partial charge in [-0.15, -0.1) is 0 Å². The maximum absolute atomic E-state index is 13.4. The Labute approximate surface area is 359 Å². The third-order valence-electron chi connectivity index (χ3n) is 12.3. The first kappa shape index (κ1) is 50.0. The lowest BCUT2D eigenvalue weighted by atomic mass is 9.70. The minimum Gasteiger partial charge on any atom is -0.466 e. The minimum absolute atomic E-state index is 0.0524. The summed E-state index contributed by atoms with van der Waals surface area (Å²) in [7, 11) is 1.19. The molecule has 0 aromatic heterocycles. The molecular formula is C46H68O15. The van der Waals surface area contributed by atoms with Gasteiger partial charge in [-0.2, -0.15) is 0 Å². The molecule has 342 valence electrons. The first-order chi connectivity index (χ1) is 28.6. The molecule has 15 nitrogen and oxygen atoms in total. The van der Waals surface area contributed by atoms with E-state index in [1.807, 2.05) is 26.0 Å². The fraction of sp³-hybridized carbons (Fsp3) is 0.696. The van der Waals surface area contributed by atoms with E-state index in [0.29, 0.717) is 12.8 Å². The van der Waals surface area contributed by atoms with Crippen molar-refractivity contribution >= 4 is 23.9 Å². The number of carbonyl (C=O) groups excluding carboxylic acids is 4. The van der Waals surface area contributed by atoms with Crippen LogP contribution in [0.5, 0.6) is 0 Å². The molecule has 4 aliphatic rings. The zero-order valence-electron chi connectivity index (χ0n) is 37.2. The number of ether oxygens (including phenoxy) is 7. The van der Waals surface area contributed by atoms with Crippen molar-refractivity contribution in [2.24, 2.45) is 10.8 Å². The molecule has 3 fully saturated rings. The molecular weight excluding hydrogens is 792 g/mol. The lowest BCUT2D eigenvalue weighted by molar-refractivity contribution is -0.348. The van der Waals surface area contributed by atoms with Crippen LogP contribution in [0.4, 0.5) is 0 Å². The second-order valence-electron chi connectivity index (χ2n) is 17.9. The Morgan fingerprint density at radius 2 is 1.67 bits per heavy atom. The van der Waals surface area contributed by atoms with Crippen molar-refractivity contribution in [2.75, 3.05) is 7.11 Å². The number of unbranched alkanes of at least 4 members (excludes halogenated alkanes) is 1. The van der Waals surface area contributed by atoms with Crippen LogP contribution in [0, 0.1) is 10.8 Å². The summed E-state index contributed by atoms with van der Waals surface area (Å²) < 4.78 is 41.9. The molecule has 3 saturated heterocycles. The Morgan fingerprint density at radius 1 is 0.951 bits per heavy atom. The second kappa shape index (κ2) is 21.1. The molecule has 0 spiro atoms. The van der Waals surface area contributed by atoms with E-state index in [2.05, 4.69) is 0 Å². The minimum atomic E-state index is -2.38. The molecule has 15 heteroatoms. The summed E-state index contributed by atoms with van der Waals surface area (Å²) in [5, 5.41) is 47.4. The highest BCUT2D eigenvalue weighted by molar-refractivity contribution is 5.84. The highest BCUT2D eigenvalue weighted by Crippen LogP contribution is 2.50. The Kier molecular flexibility index (Phi) is 17.3. The normalized spacial score (nSPS) is 36.6. The van der Waals surface area contributed by atoms with Crippen molar-refractivity contribution in [1.29, 1.82) is 0 Å². The molecule has 6 bridgehead atoms. The van der Waals surface area contributed by atoms with E-state index in [-0.39, 0.29) is 37.7 Å². The molecule has 4 aliphatic heterocycles. The van der Waals surface area contributed by atoms with Crippen LogP contribution in [0.25, 0.3) is 0 Å². The molecule has 0 radical (unpaired) electrons. The van der Waals surface area contributed by atoms with E-state index in [0.717, 1.165) is 24.5 Å². The molecule has 0 unspecified atom stereocenters. The van der Waals surface area contributed by atoms with E-state index in [1.54, 1.807) is 45.9 Å². The average Bonchev–Trinajstić information content (AvgIpc) is 3.16. The zero-order chi connectivity index (χ0) is 45.3. The van der Waals surface area contributed by atoms with Gasteiger partial charge in [0.15, 0.2) is 11.9 Å². The van der Waals surface area contributed by atoms with Gasteiger partial charge in [0, 0.05) is 50.2 Å². The first-order valence-electron chi connectivity index (χ1n) is 21.4. The first-order valence-corrected chi connectivity index (χ1v) is 21.4. The lowest BCUT2D eigenvalue weighted by Gasteiger charge is -2.53. The molecule has 11 atom stereocenters. The van der Waals surface area contributed by atoms with Gasteiger partial charge >= 0.3 is 23.9 Å². The number of hydrogen-bond donors (Lipinski definition) is 4. The number of aliphatic hydroxyl groups is 4. The number of allylic oxidation sites excluding steroid dienone is 4. The van der Waals surface area contributed by atoms with Crippen LogP contribution in [-0.4, -0.2) is 118 Å². The van der Waals surface area contributed by atoms with E-state index in [9.17, 15) is 39.6 Å². The van der Waals surface area contributed by atoms with Crippen LogP contribution >= 0.6 is 0 Å². The molecule has 0 saturated carbocycles. The summed E-state index contributed by atoms with van der Waals surface area (Å²) in [6, 6.07) is 0. The number of carbonyl (C=O) groups is 4. The average molecular weight is 861 g/mol. The largest absolute Gasteiger partial charge is 0.466 e. The highest BCUT2D eigenvalue weighted by Gasteiger charge is 2.59. The predicted molar refractivity (Wildman–Crippen MR) is 222 cm³/mol. The zero-order valence-corrected chi connectivity index (χ0v) is 37.2. The molecule has 0 aromatic carbocycles. The van der Waals surface area contributed by atoms with Gasteiger partial charge in [0.2, 0.25) is 5.79 Å². The molecule has 4 heterocycles. The Bertz CT molecular complexity index is 1710. The summed E-state index contributed by atoms with van der Waals surface area (Å²) in [4.78, 5) is 51.9. The molecule has 0 aliphatic carbocycles. The second-order valence-corrected chi connectivity index (χ2v) is 17.9. The van der Waals surface area contributed by atoms with Gasteiger partial charge in [-0.1, -0.05) is 83.1 Å². The summed E-state index contributed by atoms with van der Waals surface area (Å²) in [6.45, 7) is 13.4. The third-order valence-corrected chi connectivity index (χ3v) is 12.3. The fourth-order valence-electron chi connectivity index (χ4n) is 8.47. The molecule has 0 amide bonds. The summed E-state index contributed by atoms with van der Waals surface area (Å²) in [5.74, 6) is -7.32. The van der Waals surface area contributed by atoms with Crippen LogP contribution in [0.3, 0.4) is 0 Å². The Balaban J connectivity index is 1.84. The van der Waals surface area contributed by atoms with Crippen LogP contribution < -0.4 is 0 Å². The number of fused-ring (bicyclic) bond motifs is 6. The lowest BCUT2D eigenvalue weighted by Crippen LogP contribution is -2.62. The van der Waals surface area contributed by atoms with Crippen LogP contribution in [-0.2, 0) is 52.3 Å². The predicted octanol–water partition coefficient (Wildman–Crippen LogP) is 5.13. The number of esters is 4. The van der Waals surface area contributed by atoms with Crippen LogP contribution in [0.1, 0.15) is 120 Å². The monoisotopic (exact) mass is 860 g/mol. The summed E-state index contributed by atoms with van der Waals surface area (Å²) in [6.07, 6.45) is 5.44. The van der Waals surface area contributed by atoms with Crippen molar-refractivity contribution in [3.05, 3.63) is 59.8 Å². The van der Waals surface area contributed by atoms with Crippen molar-refractivity contribution in [3.8, 4) is 0 Å². The maximum Gasteiger partial charge on any atom is 0.331 e. The van der Waals surface area contributed by atoms with E-state index >= 15 is 0 Å². The Morgan fingerprint density at radius 3 is 2.31 bits per heavy atom. The van der Waals surface area contributed by atoms with Gasteiger partial charge in [0.25, 0.3) is 0 Å². The SMILES string of the molecule is CC=C1C[C@H]2C[C@@]3(O)O[C@H](C[C@@H](O)CC(=O)O[C@@H]([C@@H](C)O)C[C@@H]4CC(=CC(=O)OC)[C@H](OC(=O)C=CC=CCCC)[C@@](O)(O4)C(C)(C)C=C[C@@H](C1)O2)C[C@H](OC(C)=O)C3(C)C. The number of hydrogen-bond acceptors (Lipinski definition) is 15. The Hall–Kier alpha value is -3.70. The fourth-order valence-corrected chi connectivity index (χ4v) is 8.47. The molecule has 61 heavy (non-hydrogen) atoms. The van der Waals surface area contributed by atoms with E-state index in [1.165, 1.54) is 33.1 Å². The standard InChI is InChI=1S/C46H68O15/c1-10-12-13-14-15-16-39(50)59-42-31(22-40(51)55-9)21-34-25-37(28(3)47)58-41(52)24-32(49)23-35-26-38(56-29(4)48)44(7,8)45(53,60-35)27-36-20-30(11-2)19-33(57-36)17-18-43(5,6)46(42,54)61-34/h11,13-18,22,28,32-38,42,47,49,53-54H,10,12,19-21,23-27H2,1-9H3/t28-,32-,33+,34+,35-,36+,37-,38+,42+,45-,46-/m1/s1. The van der Waals surface area contributed by atoms with Gasteiger partial charge in [0.1, 0.15) is 12.2 Å². The van der Waals surface area contributed by atoms with Gasteiger partial charge < -0.3 is 53.6 Å². The van der Waals surface area contributed by atoms with Crippen molar-refractivity contribution in [3.63, 3.8) is 0 Å². The molecule has 4 rings (SSSR count). The van der Waals surface area contributed by atoms with Crippen LogP contribution in [0.15, 0.2) is 59.8 Å². The molecule has 0 aromatic rings. The third kappa shape index (κ3) is 12.7. The quantitative estimate of drug-likeness (QED) is 0.0819. The molecule has 4 N–H and O–H groups in total. The topological polar surface area (TPSA) is 214 Å². The number of cyclic esters (lactones) is 1. The number of aliphatic hydroxyl groups excluding tert-OH is 2. The summed E-state index contributed by atoms with van der Waals surface area (Å²) >= 11 is 0. The number of methoxy groups -OCH3 is 1. The van der Waals surface area contributed by atoms with Gasteiger partial charge in [-0.3, -0.25) is 9.59 Å². The smallest absolute Gasteiger partial charge is 0.331 e. The summed E-state index contributed by atoms with van der Waals surface area (Å²) in [5.41, 5.74) is -1.38. The highest BCUT2D eigenvalue weighted by atomic mass is 16.7. The van der Waals surface area contributed by atoms with Crippen LogP contribution in [0.2, 0.25) is 0 Å². The number of rotatable bonds is 8. The van der Waals surface area contributed by atoms with Gasteiger partial charge in [-0.25, -0.2) is 9.59 Å². The van der Waals surface area contributed by atoms with Crippen molar-refractivity contribution in [1.82, 2.24) is 0 Å². The van der Waals surface area contributed by atoms with E-state index < -0.39 is 108 Å². The van der Waals surface area contributed by atoms with Crippen molar-refractivity contribution < 1.29 is 72.8 Å². The van der Waals surface area contributed by atoms with Crippen molar-refractivity contribution in [2.45, 2.75) is 186 Å². The van der Waals surface area contributed by atoms with E-state index in [4.69, 9.17) is 33.2 Å². The van der Waals surface area contributed by atoms with Gasteiger partial charge in [0.05, 0.1) is 55.6 Å². The maximum atomic E-state index is 13.4. The van der Waals surface area contributed by atoms with Gasteiger partial charge in [-0.05, 0) is 45.1 Å².